The van der Waals surface area contributed by atoms with Gasteiger partial charge in [-0.05, 0) is 12.8 Å². The van der Waals surface area contributed by atoms with Gasteiger partial charge >= 0.3 is 6.03 Å². The number of aliphatic hydroxyl groups excluding tert-OH is 1. The third-order valence-electron chi connectivity index (χ3n) is 3.12. The minimum atomic E-state index is -2.65. The van der Waals surface area contributed by atoms with Gasteiger partial charge in [0.05, 0.1) is 19.1 Å². The van der Waals surface area contributed by atoms with Crippen LogP contribution in [0.4, 0.5) is 13.6 Å². The molecule has 110 valence electrons. The molecule has 8 heteroatoms. The minimum Gasteiger partial charge on any atom is -0.395 e. The lowest BCUT2D eigenvalue weighted by molar-refractivity contribution is -0.139. The molecule has 3 N–H and O–H groups in total. The smallest absolute Gasteiger partial charge is 0.314 e. The van der Waals surface area contributed by atoms with Gasteiger partial charge in [-0.15, -0.1) is 0 Å². The summed E-state index contributed by atoms with van der Waals surface area (Å²) in [4.78, 5) is 25.4. The van der Waals surface area contributed by atoms with Gasteiger partial charge in [-0.1, -0.05) is 0 Å². The average Bonchev–Trinajstić information content (AvgIpc) is 2.37. The van der Waals surface area contributed by atoms with E-state index in [-0.39, 0.29) is 19.7 Å². The first-order valence-corrected chi connectivity index (χ1v) is 6.18. The number of nitrogens with two attached hydrogens (primary N) is 1. The fraction of sp³-hybridized carbons (Fsp3) is 0.818. The van der Waals surface area contributed by atoms with Crippen LogP contribution in [-0.4, -0.2) is 66.1 Å². The molecule has 1 atom stereocenters. The molecule has 0 spiro atoms. The lowest BCUT2D eigenvalue weighted by Gasteiger charge is -2.33. The van der Waals surface area contributed by atoms with E-state index >= 15 is 0 Å². The van der Waals surface area contributed by atoms with Crippen molar-refractivity contribution in [2.45, 2.75) is 19.3 Å². The number of halogens is 2. The Hall–Kier alpha value is -1.44. The van der Waals surface area contributed by atoms with Crippen LogP contribution in [0.25, 0.3) is 0 Å². The van der Waals surface area contributed by atoms with Gasteiger partial charge in [-0.3, -0.25) is 4.79 Å². The monoisotopic (exact) mass is 279 g/mol. The predicted molar refractivity (Wildman–Crippen MR) is 63.6 cm³/mol. The summed E-state index contributed by atoms with van der Waals surface area (Å²) in [7, 11) is 0. The number of urea groups is 1. The zero-order valence-electron chi connectivity index (χ0n) is 10.6. The third-order valence-corrected chi connectivity index (χ3v) is 3.12. The van der Waals surface area contributed by atoms with E-state index in [1.807, 2.05) is 0 Å². The van der Waals surface area contributed by atoms with Crippen LogP contribution in [0.2, 0.25) is 0 Å². The van der Waals surface area contributed by atoms with E-state index < -0.39 is 30.8 Å². The van der Waals surface area contributed by atoms with Crippen LogP contribution < -0.4 is 5.73 Å². The Balaban J connectivity index is 2.64. The zero-order valence-corrected chi connectivity index (χ0v) is 10.6. The maximum atomic E-state index is 12.4. The Bertz CT molecular complexity index is 328. The van der Waals surface area contributed by atoms with Crippen LogP contribution in [0.3, 0.4) is 0 Å². The standard InChI is InChI=1S/C11H19F2N3O3/c12-9(13)7-15(4-5-17)10(18)8-2-1-3-16(6-8)11(14)19/h8-9,17H,1-7H2,(H2,14,19). The Morgan fingerprint density at radius 2 is 2.16 bits per heavy atom. The summed E-state index contributed by atoms with van der Waals surface area (Å²) in [5, 5.41) is 8.81. The number of likely N-dealkylation sites (tertiary alicyclic amines) is 1. The summed E-state index contributed by atoms with van der Waals surface area (Å²) in [6.45, 7) is -0.569. The van der Waals surface area contributed by atoms with Crippen LogP contribution in [-0.2, 0) is 4.79 Å². The number of aliphatic hydroxyl groups is 1. The van der Waals surface area contributed by atoms with Crippen LogP contribution in [0.5, 0.6) is 0 Å². The van der Waals surface area contributed by atoms with E-state index in [0.717, 1.165) is 4.90 Å². The van der Waals surface area contributed by atoms with Crippen molar-refractivity contribution in [3.8, 4) is 0 Å². The number of primary amides is 1. The summed E-state index contributed by atoms with van der Waals surface area (Å²) in [5.74, 6) is -0.980. The molecule has 0 saturated carbocycles. The summed E-state index contributed by atoms with van der Waals surface area (Å²) in [5.41, 5.74) is 5.15. The van der Waals surface area contributed by atoms with Crippen LogP contribution >= 0.6 is 0 Å². The molecule has 1 rings (SSSR count). The Labute approximate surface area is 110 Å². The van der Waals surface area contributed by atoms with Crippen molar-refractivity contribution in [3.63, 3.8) is 0 Å². The third kappa shape index (κ3) is 4.62. The van der Waals surface area contributed by atoms with E-state index in [0.29, 0.717) is 19.4 Å². The highest BCUT2D eigenvalue weighted by Gasteiger charge is 2.31. The van der Waals surface area contributed by atoms with Gasteiger partial charge in [0, 0.05) is 19.6 Å². The molecule has 3 amide bonds. The second kappa shape index (κ2) is 7.22. The number of amides is 3. The number of carbonyl (C=O) groups is 2. The van der Waals surface area contributed by atoms with Gasteiger partial charge in [0.2, 0.25) is 5.91 Å². The molecule has 6 nitrogen and oxygen atoms in total. The quantitative estimate of drug-likeness (QED) is 0.734. The normalized spacial score (nSPS) is 19.6. The molecule has 1 heterocycles. The molecule has 1 fully saturated rings. The summed E-state index contributed by atoms with van der Waals surface area (Å²) in [6.07, 6.45) is -1.50. The summed E-state index contributed by atoms with van der Waals surface area (Å²) < 4.78 is 24.8. The molecule has 0 aromatic carbocycles. The topological polar surface area (TPSA) is 86.9 Å². The van der Waals surface area contributed by atoms with Gasteiger partial charge in [0.25, 0.3) is 6.43 Å². The van der Waals surface area contributed by atoms with Gasteiger partial charge in [0.1, 0.15) is 0 Å². The van der Waals surface area contributed by atoms with Crippen molar-refractivity contribution in [1.82, 2.24) is 9.80 Å². The number of nitrogens with zero attached hydrogens (tertiary/aromatic N) is 2. The fourth-order valence-corrected chi connectivity index (χ4v) is 2.22. The molecule has 1 aliphatic rings. The maximum absolute atomic E-state index is 12.4. The van der Waals surface area contributed by atoms with Crippen molar-refractivity contribution < 1.29 is 23.5 Å². The summed E-state index contributed by atoms with van der Waals surface area (Å²) in [6, 6.07) is -0.611. The lowest BCUT2D eigenvalue weighted by atomic mass is 9.96. The van der Waals surface area contributed by atoms with Crippen LogP contribution in [0.15, 0.2) is 0 Å². The van der Waals surface area contributed by atoms with Crippen molar-refractivity contribution in [3.05, 3.63) is 0 Å². The van der Waals surface area contributed by atoms with E-state index in [1.54, 1.807) is 0 Å². The van der Waals surface area contributed by atoms with E-state index in [2.05, 4.69) is 0 Å². The molecule has 1 saturated heterocycles. The second-order valence-electron chi connectivity index (χ2n) is 4.52. The minimum absolute atomic E-state index is 0.129. The largest absolute Gasteiger partial charge is 0.395 e. The van der Waals surface area contributed by atoms with Gasteiger partial charge in [0.15, 0.2) is 0 Å². The highest BCUT2D eigenvalue weighted by atomic mass is 19.3. The molecule has 1 aliphatic heterocycles. The van der Waals surface area contributed by atoms with Gasteiger partial charge in [-0.25, -0.2) is 13.6 Å². The van der Waals surface area contributed by atoms with Crippen LogP contribution in [0.1, 0.15) is 12.8 Å². The molecule has 0 aromatic rings. The first kappa shape index (κ1) is 15.6. The molecule has 1 unspecified atom stereocenters. The average molecular weight is 279 g/mol. The Morgan fingerprint density at radius 3 is 2.68 bits per heavy atom. The highest BCUT2D eigenvalue weighted by molar-refractivity contribution is 5.80. The first-order chi connectivity index (χ1) is 8.95. The number of hydrogen-bond acceptors (Lipinski definition) is 3. The zero-order chi connectivity index (χ0) is 14.4. The molecular formula is C11H19F2N3O3. The molecule has 19 heavy (non-hydrogen) atoms. The highest BCUT2D eigenvalue weighted by Crippen LogP contribution is 2.19. The van der Waals surface area contributed by atoms with Crippen molar-refractivity contribution in [1.29, 1.82) is 0 Å². The number of alkyl halides is 2. The van der Waals surface area contributed by atoms with Crippen molar-refractivity contribution in [2.75, 3.05) is 32.8 Å². The SMILES string of the molecule is NC(=O)N1CCCC(C(=O)N(CCO)CC(F)F)C1. The lowest BCUT2D eigenvalue weighted by Crippen LogP contribution is -2.49. The molecule has 0 radical (unpaired) electrons. The Kier molecular flexibility index (Phi) is 5.94. The van der Waals surface area contributed by atoms with E-state index in [9.17, 15) is 18.4 Å². The predicted octanol–water partition coefficient (Wildman–Crippen LogP) is -0.137. The number of hydrogen-bond donors (Lipinski definition) is 2. The van der Waals surface area contributed by atoms with E-state index in [4.69, 9.17) is 10.8 Å². The van der Waals surface area contributed by atoms with Gasteiger partial charge < -0.3 is 20.6 Å². The van der Waals surface area contributed by atoms with Crippen molar-refractivity contribution in [2.24, 2.45) is 11.7 Å². The number of piperidine rings is 1. The maximum Gasteiger partial charge on any atom is 0.314 e. The molecule has 0 aliphatic carbocycles. The van der Waals surface area contributed by atoms with Crippen molar-refractivity contribution >= 4 is 11.9 Å². The number of carbonyl (C=O) groups excluding carboxylic acids is 2. The van der Waals surface area contributed by atoms with E-state index in [1.165, 1.54) is 4.90 Å². The number of rotatable bonds is 5. The summed E-state index contributed by atoms with van der Waals surface area (Å²) >= 11 is 0. The second-order valence-corrected chi connectivity index (χ2v) is 4.52. The van der Waals surface area contributed by atoms with Gasteiger partial charge in [-0.2, -0.15) is 0 Å². The molecular weight excluding hydrogens is 260 g/mol. The molecule has 0 aromatic heterocycles. The molecule has 0 bridgehead atoms. The Morgan fingerprint density at radius 1 is 1.47 bits per heavy atom. The van der Waals surface area contributed by atoms with Crippen LogP contribution in [0, 0.1) is 5.92 Å². The first-order valence-electron chi connectivity index (χ1n) is 6.18. The fourth-order valence-electron chi connectivity index (χ4n) is 2.22.